The first-order valence-corrected chi connectivity index (χ1v) is 9.59. The van der Waals surface area contributed by atoms with Crippen LogP contribution < -0.4 is 5.32 Å². The molecule has 0 saturated carbocycles. The summed E-state index contributed by atoms with van der Waals surface area (Å²) in [6.45, 7) is 3.28. The predicted octanol–water partition coefficient (Wildman–Crippen LogP) is 3.88. The molecule has 0 aliphatic heterocycles. The fourth-order valence-corrected chi connectivity index (χ4v) is 3.60. The van der Waals surface area contributed by atoms with Gasteiger partial charge in [-0.25, -0.2) is 8.42 Å². The number of Topliss-reactive ketones (excluding diaryl/α,β-unsaturated/α-hetero) is 1. The molecular formula is C20H17NO5S. The van der Waals surface area contributed by atoms with E-state index < -0.39 is 15.7 Å². The molecule has 0 radical (unpaired) electrons. The van der Waals surface area contributed by atoms with E-state index in [9.17, 15) is 18.0 Å². The summed E-state index contributed by atoms with van der Waals surface area (Å²) in [5, 5.41) is 2.27. The van der Waals surface area contributed by atoms with Gasteiger partial charge in [-0.3, -0.25) is 9.59 Å². The van der Waals surface area contributed by atoms with Crippen molar-refractivity contribution in [3.8, 4) is 0 Å². The lowest BCUT2D eigenvalue weighted by Gasteiger charge is -2.05. The van der Waals surface area contributed by atoms with Crippen molar-refractivity contribution in [2.24, 2.45) is 0 Å². The molecule has 0 fully saturated rings. The lowest BCUT2D eigenvalue weighted by atomic mass is 10.1. The minimum Gasteiger partial charge on any atom is -0.439 e. The van der Waals surface area contributed by atoms with Gasteiger partial charge >= 0.3 is 0 Å². The number of nitrogens with one attached hydrogen (secondary N) is 1. The second-order valence-corrected chi connectivity index (χ2v) is 7.91. The number of furan rings is 1. The van der Waals surface area contributed by atoms with Crippen LogP contribution in [0.25, 0.3) is 0 Å². The van der Waals surface area contributed by atoms with Crippen LogP contribution in [0, 0.1) is 6.92 Å². The van der Waals surface area contributed by atoms with Crippen molar-refractivity contribution in [3.63, 3.8) is 0 Å². The molecule has 3 aromatic rings. The predicted molar refractivity (Wildman–Crippen MR) is 99.7 cm³/mol. The fraction of sp³-hybridized carbons (Fsp3) is 0.100. The van der Waals surface area contributed by atoms with Gasteiger partial charge in [0.1, 0.15) is 0 Å². The number of sulfone groups is 1. The van der Waals surface area contributed by atoms with Crippen LogP contribution >= 0.6 is 0 Å². The maximum atomic E-state index is 12.6. The van der Waals surface area contributed by atoms with E-state index in [0.717, 1.165) is 5.56 Å². The largest absolute Gasteiger partial charge is 0.439 e. The van der Waals surface area contributed by atoms with Crippen LogP contribution in [0.2, 0.25) is 0 Å². The number of rotatable bonds is 5. The maximum Gasteiger partial charge on any atom is 0.291 e. The maximum absolute atomic E-state index is 12.6. The molecule has 1 amide bonds. The minimum absolute atomic E-state index is 0.0866. The number of hydrogen-bond acceptors (Lipinski definition) is 5. The Morgan fingerprint density at radius 2 is 1.67 bits per heavy atom. The molecule has 0 spiro atoms. The molecule has 6 nitrogen and oxygen atoms in total. The van der Waals surface area contributed by atoms with Gasteiger partial charge in [-0.15, -0.1) is 0 Å². The highest BCUT2D eigenvalue weighted by Gasteiger charge is 2.23. The van der Waals surface area contributed by atoms with Crippen LogP contribution in [0.1, 0.15) is 33.4 Å². The Balaban J connectivity index is 1.83. The first-order chi connectivity index (χ1) is 12.8. The van der Waals surface area contributed by atoms with E-state index in [1.54, 1.807) is 30.3 Å². The van der Waals surface area contributed by atoms with Gasteiger partial charge in [0.25, 0.3) is 5.91 Å². The summed E-state index contributed by atoms with van der Waals surface area (Å²) in [6.07, 6.45) is 0. The summed E-state index contributed by atoms with van der Waals surface area (Å²) in [4.78, 5) is 23.8. The van der Waals surface area contributed by atoms with Crippen LogP contribution in [-0.2, 0) is 9.84 Å². The van der Waals surface area contributed by atoms with Gasteiger partial charge in [-0.1, -0.05) is 29.8 Å². The molecule has 1 N–H and O–H groups in total. The highest BCUT2D eigenvalue weighted by molar-refractivity contribution is 7.91. The molecule has 3 rings (SSSR count). The smallest absolute Gasteiger partial charge is 0.291 e. The lowest BCUT2D eigenvalue weighted by Crippen LogP contribution is -2.11. The van der Waals surface area contributed by atoms with E-state index in [0.29, 0.717) is 11.3 Å². The topological polar surface area (TPSA) is 93.5 Å². The Morgan fingerprint density at radius 3 is 2.33 bits per heavy atom. The minimum atomic E-state index is -3.85. The van der Waals surface area contributed by atoms with E-state index in [2.05, 4.69) is 5.32 Å². The zero-order valence-electron chi connectivity index (χ0n) is 14.7. The molecule has 1 aromatic heterocycles. The second-order valence-electron chi connectivity index (χ2n) is 6.03. The Morgan fingerprint density at radius 1 is 0.963 bits per heavy atom. The zero-order chi connectivity index (χ0) is 19.6. The third-order valence-corrected chi connectivity index (χ3v) is 5.57. The number of aryl methyl sites for hydroxylation is 1. The van der Waals surface area contributed by atoms with Crippen molar-refractivity contribution >= 4 is 27.2 Å². The van der Waals surface area contributed by atoms with E-state index in [4.69, 9.17) is 4.42 Å². The van der Waals surface area contributed by atoms with Crippen molar-refractivity contribution in [1.29, 1.82) is 0 Å². The summed E-state index contributed by atoms with van der Waals surface area (Å²) < 4.78 is 30.5. The van der Waals surface area contributed by atoms with Crippen LogP contribution in [0.5, 0.6) is 0 Å². The van der Waals surface area contributed by atoms with Crippen molar-refractivity contribution in [2.75, 3.05) is 5.32 Å². The first kappa shape index (κ1) is 18.6. The van der Waals surface area contributed by atoms with Crippen LogP contribution in [0.15, 0.2) is 75.1 Å². The first-order valence-electron chi connectivity index (χ1n) is 8.11. The van der Waals surface area contributed by atoms with Crippen molar-refractivity contribution < 1.29 is 22.4 Å². The molecular weight excluding hydrogens is 366 g/mol. The fourth-order valence-electron chi connectivity index (χ4n) is 2.43. The SMILES string of the molecule is CC(=O)c1cccc(NC(=O)c2ccc(S(=O)(=O)c3ccc(C)cc3)o2)c1. The van der Waals surface area contributed by atoms with E-state index >= 15 is 0 Å². The molecule has 0 aliphatic carbocycles. The third-order valence-electron chi connectivity index (χ3n) is 3.93. The van der Waals surface area contributed by atoms with Crippen LogP contribution in [0.4, 0.5) is 5.69 Å². The number of ketones is 1. The Kier molecular flexibility index (Phi) is 4.96. The van der Waals surface area contributed by atoms with Crippen LogP contribution in [0.3, 0.4) is 0 Å². The summed E-state index contributed by atoms with van der Waals surface area (Å²) in [5.74, 6) is -0.884. The van der Waals surface area contributed by atoms with E-state index in [1.807, 2.05) is 6.92 Å². The lowest BCUT2D eigenvalue weighted by molar-refractivity contribution is 0.0987. The average molecular weight is 383 g/mol. The second kappa shape index (κ2) is 7.20. The molecule has 7 heteroatoms. The van der Waals surface area contributed by atoms with Gasteiger partial charge < -0.3 is 9.73 Å². The molecule has 0 aliphatic rings. The monoisotopic (exact) mass is 383 g/mol. The van der Waals surface area contributed by atoms with Gasteiger partial charge in [0, 0.05) is 11.3 Å². The molecule has 0 unspecified atom stereocenters. The highest BCUT2D eigenvalue weighted by Crippen LogP contribution is 2.24. The molecule has 0 bridgehead atoms. The Hall–Kier alpha value is -3.19. The number of carbonyl (C=O) groups excluding carboxylic acids is 2. The number of hydrogen-bond donors (Lipinski definition) is 1. The molecule has 1 heterocycles. The average Bonchev–Trinajstić information content (AvgIpc) is 3.13. The van der Waals surface area contributed by atoms with E-state index in [1.165, 1.54) is 37.3 Å². The van der Waals surface area contributed by atoms with Gasteiger partial charge in [0.15, 0.2) is 11.5 Å². The Bertz CT molecular complexity index is 1110. The number of benzene rings is 2. The van der Waals surface area contributed by atoms with Crippen molar-refractivity contribution in [3.05, 3.63) is 77.6 Å². The number of amides is 1. The molecule has 0 atom stereocenters. The molecule has 138 valence electrons. The number of anilines is 1. The zero-order valence-corrected chi connectivity index (χ0v) is 15.5. The highest BCUT2D eigenvalue weighted by atomic mass is 32.2. The summed E-state index contributed by atoms with van der Waals surface area (Å²) in [6, 6.07) is 15.3. The summed E-state index contributed by atoms with van der Waals surface area (Å²) in [5.41, 5.74) is 1.79. The van der Waals surface area contributed by atoms with Crippen LogP contribution in [-0.4, -0.2) is 20.1 Å². The van der Waals surface area contributed by atoms with Gasteiger partial charge in [-0.05, 0) is 50.2 Å². The number of carbonyl (C=O) groups is 2. The van der Waals surface area contributed by atoms with Crippen molar-refractivity contribution in [2.45, 2.75) is 23.8 Å². The molecule has 2 aromatic carbocycles. The van der Waals surface area contributed by atoms with Crippen molar-refractivity contribution in [1.82, 2.24) is 0 Å². The summed E-state index contributed by atoms with van der Waals surface area (Å²) in [7, 11) is -3.85. The summed E-state index contributed by atoms with van der Waals surface area (Å²) >= 11 is 0. The molecule has 0 saturated heterocycles. The Labute approximate surface area is 156 Å². The van der Waals surface area contributed by atoms with Gasteiger partial charge in [-0.2, -0.15) is 0 Å². The quantitative estimate of drug-likeness (QED) is 0.675. The standard InChI is InChI=1S/C20H17NO5S/c1-13-6-8-17(9-7-13)27(24,25)19-11-10-18(26-19)20(23)21-16-5-3-4-15(12-16)14(2)22/h3-12H,1-2H3,(H,21,23). The van der Waals surface area contributed by atoms with Gasteiger partial charge in [0.2, 0.25) is 14.9 Å². The third kappa shape index (κ3) is 3.98. The molecule has 27 heavy (non-hydrogen) atoms. The van der Waals surface area contributed by atoms with E-state index in [-0.39, 0.29) is 21.5 Å². The van der Waals surface area contributed by atoms with Gasteiger partial charge in [0.05, 0.1) is 4.90 Å². The normalized spacial score (nSPS) is 11.2.